The Hall–Kier alpha value is -1.36. The SMILES string of the molecule is CN(C(=O)c1cncn1C)C1CCNCC1. The van der Waals surface area contributed by atoms with Crippen LogP contribution in [0.5, 0.6) is 0 Å². The molecule has 0 radical (unpaired) electrons. The summed E-state index contributed by atoms with van der Waals surface area (Å²) in [5.74, 6) is 0.0619. The number of nitrogens with zero attached hydrogens (tertiary/aromatic N) is 3. The van der Waals surface area contributed by atoms with Crippen LogP contribution in [-0.4, -0.2) is 46.5 Å². The second-order valence-electron chi connectivity index (χ2n) is 4.29. The van der Waals surface area contributed by atoms with Gasteiger partial charge in [0.1, 0.15) is 5.69 Å². The van der Waals surface area contributed by atoms with Crippen molar-refractivity contribution in [1.29, 1.82) is 0 Å². The Bertz CT molecular complexity index is 368. The van der Waals surface area contributed by atoms with Gasteiger partial charge in [0, 0.05) is 20.1 Å². The fraction of sp³-hybridized carbons (Fsp3) is 0.636. The van der Waals surface area contributed by atoms with E-state index < -0.39 is 0 Å². The molecule has 1 aromatic heterocycles. The molecular weight excluding hydrogens is 204 g/mol. The number of amides is 1. The van der Waals surface area contributed by atoms with Gasteiger partial charge in [-0.2, -0.15) is 0 Å². The number of piperidine rings is 1. The van der Waals surface area contributed by atoms with E-state index in [2.05, 4.69) is 10.3 Å². The molecule has 1 aliphatic heterocycles. The highest BCUT2D eigenvalue weighted by molar-refractivity contribution is 5.92. The molecule has 16 heavy (non-hydrogen) atoms. The van der Waals surface area contributed by atoms with Gasteiger partial charge < -0.3 is 14.8 Å². The Morgan fingerprint density at radius 2 is 2.25 bits per heavy atom. The van der Waals surface area contributed by atoms with E-state index in [1.807, 2.05) is 19.0 Å². The third-order valence-corrected chi connectivity index (χ3v) is 3.21. The Kier molecular flexibility index (Phi) is 3.24. The predicted molar refractivity (Wildman–Crippen MR) is 61.2 cm³/mol. The molecule has 1 saturated heterocycles. The fourth-order valence-electron chi connectivity index (χ4n) is 2.10. The molecule has 0 aromatic carbocycles. The van der Waals surface area contributed by atoms with E-state index in [9.17, 15) is 4.79 Å². The molecule has 1 fully saturated rings. The first kappa shape index (κ1) is 11.1. The van der Waals surface area contributed by atoms with Crippen molar-refractivity contribution in [1.82, 2.24) is 19.8 Å². The van der Waals surface area contributed by atoms with Crippen LogP contribution in [-0.2, 0) is 7.05 Å². The first-order chi connectivity index (χ1) is 7.70. The van der Waals surface area contributed by atoms with Gasteiger partial charge in [0.25, 0.3) is 5.91 Å². The summed E-state index contributed by atoms with van der Waals surface area (Å²) >= 11 is 0. The highest BCUT2D eigenvalue weighted by Crippen LogP contribution is 2.13. The minimum absolute atomic E-state index is 0.0619. The van der Waals surface area contributed by atoms with Crippen LogP contribution in [0.1, 0.15) is 23.3 Å². The quantitative estimate of drug-likeness (QED) is 0.780. The second-order valence-corrected chi connectivity index (χ2v) is 4.29. The third kappa shape index (κ3) is 2.09. The maximum atomic E-state index is 12.2. The van der Waals surface area contributed by atoms with E-state index in [0.717, 1.165) is 25.9 Å². The topological polar surface area (TPSA) is 50.2 Å². The van der Waals surface area contributed by atoms with Crippen molar-refractivity contribution >= 4 is 5.91 Å². The van der Waals surface area contributed by atoms with E-state index in [1.54, 1.807) is 17.1 Å². The lowest BCUT2D eigenvalue weighted by Gasteiger charge is -2.31. The van der Waals surface area contributed by atoms with Crippen molar-refractivity contribution in [3.8, 4) is 0 Å². The Morgan fingerprint density at radius 1 is 1.56 bits per heavy atom. The molecule has 1 aromatic rings. The third-order valence-electron chi connectivity index (χ3n) is 3.21. The molecule has 1 amide bonds. The number of nitrogens with one attached hydrogen (secondary N) is 1. The largest absolute Gasteiger partial charge is 0.337 e. The molecular formula is C11H18N4O. The zero-order chi connectivity index (χ0) is 11.5. The number of carbonyl (C=O) groups excluding carboxylic acids is 1. The number of aryl methyl sites for hydroxylation is 1. The van der Waals surface area contributed by atoms with Crippen LogP contribution in [0.25, 0.3) is 0 Å². The monoisotopic (exact) mass is 222 g/mol. The van der Waals surface area contributed by atoms with Crippen molar-refractivity contribution in [2.45, 2.75) is 18.9 Å². The van der Waals surface area contributed by atoms with E-state index in [-0.39, 0.29) is 5.91 Å². The van der Waals surface area contributed by atoms with Crippen LogP contribution in [0.4, 0.5) is 0 Å². The van der Waals surface area contributed by atoms with Crippen molar-refractivity contribution in [2.75, 3.05) is 20.1 Å². The second kappa shape index (κ2) is 4.65. The minimum atomic E-state index is 0.0619. The molecule has 5 nitrogen and oxygen atoms in total. The molecule has 0 unspecified atom stereocenters. The normalized spacial score (nSPS) is 17.4. The van der Waals surface area contributed by atoms with Gasteiger partial charge in [-0.3, -0.25) is 4.79 Å². The summed E-state index contributed by atoms with van der Waals surface area (Å²) in [4.78, 5) is 18.0. The minimum Gasteiger partial charge on any atom is -0.337 e. The van der Waals surface area contributed by atoms with Gasteiger partial charge in [0.2, 0.25) is 0 Å². The highest BCUT2D eigenvalue weighted by atomic mass is 16.2. The molecule has 88 valence electrons. The Labute approximate surface area is 95.5 Å². The van der Waals surface area contributed by atoms with Gasteiger partial charge in [0.05, 0.1) is 12.5 Å². The summed E-state index contributed by atoms with van der Waals surface area (Å²) in [7, 11) is 3.72. The summed E-state index contributed by atoms with van der Waals surface area (Å²) < 4.78 is 1.76. The van der Waals surface area contributed by atoms with Crippen molar-refractivity contribution in [3.05, 3.63) is 18.2 Å². The number of carbonyl (C=O) groups is 1. The molecule has 5 heteroatoms. The molecule has 0 spiro atoms. The molecule has 0 bridgehead atoms. The summed E-state index contributed by atoms with van der Waals surface area (Å²) in [5, 5.41) is 3.30. The first-order valence-electron chi connectivity index (χ1n) is 5.64. The maximum Gasteiger partial charge on any atom is 0.272 e. The molecule has 0 saturated carbocycles. The number of hydrogen-bond acceptors (Lipinski definition) is 3. The standard InChI is InChI=1S/C11H18N4O/c1-14-8-13-7-10(14)11(16)15(2)9-3-5-12-6-4-9/h7-9,12H,3-6H2,1-2H3. The fourth-order valence-corrected chi connectivity index (χ4v) is 2.10. The number of hydrogen-bond donors (Lipinski definition) is 1. The van der Waals surface area contributed by atoms with Gasteiger partial charge in [-0.25, -0.2) is 4.98 Å². The number of imidazole rings is 1. The van der Waals surface area contributed by atoms with Crippen LogP contribution in [0, 0.1) is 0 Å². The van der Waals surface area contributed by atoms with Crippen LogP contribution in [0.3, 0.4) is 0 Å². The van der Waals surface area contributed by atoms with Gasteiger partial charge >= 0.3 is 0 Å². The average Bonchev–Trinajstić information content (AvgIpc) is 2.75. The lowest BCUT2D eigenvalue weighted by Crippen LogP contribution is -2.44. The summed E-state index contributed by atoms with van der Waals surface area (Å²) in [6.07, 6.45) is 5.34. The Morgan fingerprint density at radius 3 is 2.81 bits per heavy atom. The van der Waals surface area contributed by atoms with Crippen molar-refractivity contribution < 1.29 is 4.79 Å². The van der Waals surface area contributed by atoms with Gasteiger partial charge in [-0.05, 0) is 25.9 Å². The molecule has 1 N–H and O–H groups in total. The molecule has 1 aliphatic rings. The lowest BCUT2D eigenvalue weighted by molar-refractivity contribution is 0.0693. The van der Waals surface area contributed by atoms with Gasteiger partial charge in [-0.1, -0.05) is 0 Å². The van der Waals surface area contributed by atoms with Gasteiger partial charge in [-0.15, -0.1) is 0 Å². The molecule has 2 heterocycles. The maximum absolute atomic E-state index is 12.2. The smallest absolute Gasteiger partial charge is 0.272 e. The van der Waals surface area contributed by atoms with Crippen LogP contribution >= 0.6 is 0 Å². The molecule has 0 aliphatic carbocycles. The van der Waals surface area contributed by atoms with E-state index in [1.165, 1.54) is 0 Å². The summed E-state index contributed by atoms with van der Waals surface area (Å²) in [5.41, 5.74) is 0.654. The summed E-state index contributed by atoms with van der Waals surface area (Å²) in [6, 6.07) is 0.351. The first-order valence-corrected chi connectivity index (χ1v) is 5.64. The predicted octanol–water partition coefficient (Wildman–Crippen LogP) is 0.244. The summed E-state index contributed by atoms with van der Waals surface area (Å²) in [6.45, 7) is 1.99. The Balaban J connectivity index is 2.06. The van der Waals surface area contributed by atoms with Crippen LogP contribution < -0.4 is 5.32 Å². The van der Waals surface area contributed by atoms with E-state index >= 15 is 0 Å². The van der Waals surface area contributed by atoms with E-state index in [4.69, 9.17) is 0 Å². The van der Waals surface area contributed by atoms with Crippen molar-refractivity contribution in [2.24, 2.45) is 7.05 Å². The zero-order valence-electron chi connectivity index (χ0n) is 9.81. The van der Waals surface area contributed by atoms with Crippen molar-refractivity contribution in [3.63, 3.8) is 0 Å². The lowest BCUT2D eigenvalue weighted by atomic mass is 10.1. The van der Waals surface area contributed by atoms with E-state index in [0.29, 0.717) is 11.7 Å². The highest BCUT2D eigenvalue weighted by Gasteiger charge is 2.24. The van der Waals surface area contributed by atoms with Crippen LogP contribution in [0.15, 0.2) is 12.5 Å². The number of aromatic nitrogens is 2. The van der Waals surface area contributed by atoms with Crippen LogP contribution in [0.2, 0.25) is 0 Å². The van der Waals surface area contributed by atoms with Gasteiger partial charge in [0.15, 0.2) is 0 Å². The average molecular weight is 222 g/mol. The number of rotatable bonds is 2. The molecule has 0 atom stereocenters. The molecule has 2 rings (SSSR count). The zero-order valence-corrected chi connectivity index (χ0v) is 9.81.